The summed E-state index contributed by atoms with van der Waals surface area (Å²) in [6.07, 6.45) is 4.96. The van der Waals surface area contributed by atoms with Gasteiger partial charge in [-0.15, -0.1) is 0 Å². The monoisotopic (exact) mass is 250 g/mol. The molecule has 1 amide bonds. The van der Waals surface area contributed by atoms with Crippen molar-refractivity contribution < 1.29 is 9.90 Å². The Bertz CT molecular complexity index is 389. The maximum absolute atomic E-state index is 12.3. The second kappa shape index (κ2) is 6.99. The molecule has 1 aromatic rings. The number of carbonyl (C=O) groups excluding carboxylic acids is 1. The summed E-state index contributed by atoms with van der Waals surface area (Å²) in [6.45, 7) is 7.68. The van der Waals surface area contributed by atoms with E-state index < -0.39 is 0 Å². The minimum absolute atomic E-state index is 0.0273. The first-order chi connectivity index (χ1) is 8.62. The molecular weight excluding hydrogens is 228 g/mol. The molecule has 0 spiro atoms. The van der Waals surface area contributed by atoms with Gasteiger partial charge in [-0.25, -0.2) is 0 Å². The van der Waals surface area contributed by atoms with Crippen molar-refractivity contribution in [3.8, 4) is 5.75 Å². The summed E-state index contributed by atoms with van der Waals surface area (Å²) >= 11 is 0. The molecule has 1 rings (SSSR count). The van der Waals surface area contributed by atoms with Crippen molar-refractivity contribution in [2.75, 3.05) is 13.1 Å². The molecule has 18 heavy (non-hydrogen) atoms. The maximum Gasteiger partial charge on any atom is 0.255 e. The van der Waals surface area contributed by atoms with E-state index in [-0.39, 0.29) is 11.7 Å². The number of amides is 1. The highest BCUT2D eigenvalue weighted by atomic mass is 16.3. The van der Waals surface area contributed by atoms with Crippen molar-refractivity contribution in [3.63, 3.8) is 0 Å². The second-order valence-corrected chi connectivity index (χ2v) is 4.46. The second-order valence-electron chi connectivity index (χ2n) is 4.46. The summed E-state index contributed by atoms with van der Waals surface area (Å²) < 4.78 is 0. The van der Waals surface area contributed by atoms with Crippen LogP contribution in [0.25, 0.3) is 0 Å². The fourth-order valence-electron chi connectivity index (χ4n) is 1.94. The minimum Gasteiger partial charge on any atom is -0.506 e. The Hall–Kier alpha value is -1.58. The van der Waals surface area contributed by atoms with Crippen molar-refractivity contribution in [3.05, 3.63) is 24.0 Å². The minimum atomic E-state index is -0.0622. The van der Waals surface area contributed by atoms with Crippen molar-refractivity contribution in [2.24, 2.45) is 5.92 Å². The van der Waals surface area contributed by atoms with Gasteiger partial charge in [0.15, 0.2) is 0 Å². The lowest BCUT2D eigenvalue weighted by molar-refractivity contribution is 0.0734. The summed E-state index contributed by atoms with van der Waals surface area (Å²) in [7, 11) is 0. The smallest absolute Gasteiger partial charge is 0.255 e. The van der Waals surface area contributed by atoms with Crippen LogP contribution in [-0.4, -0.2) is 34.0 Å². The van der Waals surface area contributed by atoms with Gasteiger partial charge in [0.25, 0.3) is 5.91 Å². The molecule has 1 aromatic heterocycles. The first kappa shape index (κ1) is 14.5. The van der Waals surface area contributed by atoms with E-state index in [1.165, 1.54) is 18.5 Å². The highest BCUT2D eigenvalue weighted by Crippen LogP contribution is 2.14. The Morgan fingerprint density at radius 1 is 1.33 bits per heavy atom. The zero-order valence-corrected chi connectivity index (χ0v) is 11.4. The summed E-state index contributed by atoms with van der Waals surface area (Å²) in [6, 6.07) is 1.46. The van der Waals surface area contributed by atoms with Crippen LogP contribution in [0.3, 0.4) is 0 Å². The lowest BCUT2D eigenvalue weighted by Gasteiger charge is -2.25. The van der Waals surface area contributed by atoms with Gasteiger partial charge in [0.2, 0.25) is 0 Å². The first-order valence-corrected chi connectivity index (χ1v) is 6.55. The highest BCUT2D eigenvalue weighted by Gasteiger charge is 2.17. The molecule has 0 radical (unpaired) electrons. The molecule has 0 aromatic carbocycles. The molecule has 1 heterocycles. The Morgan fingerprint density at radius 2 is 2.00 bits per heavy atom. The van der Waals surface area contributed by atoms with Gasteiger partial charge in [0.1, 0.15) is 5.75 Å². The number of carbonyl (C=O) groups is 1. The summed E-state index contributed by atoms with van der Waals surface area (Å²) in [5.41, 5.74) is 0.447. The van der Waals surface area contributed by atoms with E-state index in [1.807, 2.05) is 11.8 Å². The molecule has 0 aliphatic carbocycles. The molecule has 0 aliphatic heterocycles. The number of rotatable bonds is 6. The van der Waals surface area contributed by atoms with Gasteiger partial charge in [0.05, 0.1) is 11.8 Å². The van der Waals surface area contributed by atoms with Crippen molar-refractivity contribution in [1.82, 2.24) is 9.88 Å². The summed E-state index contributed by atoms with van der Waals surface area (Å²) in [5.74, 6) is 0.492. The number of aromatic nitrogens is 1. The van der Waals surface area contributed by atoms with Gasteiger partial charge in [-0.1, -0.05) is 26.7 Å². The fourth-order valence-corrected chi connectivity index (χ4v) is 1.94. The Morgan fingerprint density at radius 3 is 2.50 bits per heavy atom. The zero-order valence-electron chi connectivity index (χ0n) is 11.4. The maximum atomic E-state index is 12.3. The molecule has 0 unspecified atom stereocenters. The lowest BCUT2D eigenvalue weighted by atomic mass is 10.0. The van der Waals surface area contributed by atoms with E-state index in [4.69, 9.17) is 0 Å². The predicted molar refractivity (Wildman–Crippen MR) is 71.6 cm³/mol. The number of pyridine rings is 1. The van der Waals surface area contributed by atoms with Gasteiger partial charge in [0, 0.05) is 19.3 Å². The number of nitrogens with zero attached hydrogens (tertiary/aromatic N) is 2. The van der Waals surface area contributed by atoms with Crippen molar-refractivity contribution in [2.45, 2.75) is 33.6 Å². The molecule has 100 valence electrons. The molecule has 0 saturated heterocycles. The van der Waals surface area contributed by atoms with Gasteiger partial charge in [-0.3, -0.25) is 9.78 Å². The number of aromatic hydroxyl groups is 1. The van der Waals surface area contributed by atoms with Crippen LogP contribution in [0.4, 0.5) is 0 Å². The molecule has 0 fully saturated rings. The molecule has 4 nitrogen and oxygen atoms in total. The Labute approximate surface area is 109 Å². The van der Waals surface area contributed by atoms with Gasteiger partial charge in [-0.2, -0.15) is 0 Å². The average Bonchev–Trinajstić information content (AvgIpc) is 2.39. The topological polar surface area (TPSA) is 53.4 Å². The largest absolute Gasteiger partial charge is 0.506 e. The quantitative estimate of drug-likeness (QED) is 0.844. The van der Waals surface area contributed by atoms with E-state index in [0.29, 0.717) is 18.0 Å². The van der Waals surface area contributed by atoms with Crippen LogP contribution in [0.2, 0.25) is 0 Å². The van der Waals surface area contributed by atoms with Crippen LogP contribution in [-0.2, 0) is 0 Å². The van der Waals surface area contributed by atoms with E-state index in [0.717, 1.165) is 19.4 Å². The third-order valence-corrected chi connectivity index (χ3v) is 3.27. The average molecular weight is 250 g/mol. The van der Waals surface area contributed by atoms with Crippen LogP contribution >= 0.6 is 0 Å². The van der Waals surface area contributed by atoms with Gasteiger partial charge >= 0.3 is 0 Å². The fraction of sp³-hybridized carbons (Fsp3) is 0.571. The van der Waals surface area contributed by atoms with E-state index in [2.05, 4.69) is 18.8 Å². The van der Waals surface area contributed by atoms with Crippen LogP contribution in [0, 0.1) is 5.92 Å². The number of hydrogen-bond donors (Lipinski definition) is 1. The molecule has 0 atom stereocenters. The van der Waals surface area contributed by atoms with E-state index >= 15 is 0 Å². The molecule has 0 aliphatic rings. The summed E-state index contributed by atoms with van der Waals surface area (Å²) in [4.78, 5) is 17.9. The molecular formula is C14H22N2O2. The summed E-state index contributed by atoms with van der Waals surface area (Å²) in [5, 5.41) is 9.36. The van der Waals surface area contributed by atoms with Crippen LogP contribution in [0.5, 0.6) is 5.75 Å². The van der Waals surface area contributed by atoms with Crippen LogP contribution < -0.4 is 0 Å². The van der Waals surface area contributed by atoms with E-state index in [1.54, 1.807) is 0 Å². The van der Waals surface area contributed by atoms with Crippen LogP contribution in [0.1, 0.15) is 44.0 Å². The Balaban J connectivity index is 2.79. The zero-order chi connectivity index (χ0) is 13.5. The molecule has 0 saturated carbocycles. The molecule has 0 bridgehead atoms. The van der Waals surface area contributed by atoms with E-state index in [9.17, 15) is 9.90 Å². The van der Waals surface area contributed by atoms with Crippen molar-refractivity contribution in [1.29, 1.82) is 0 Å². The first-order valence-electron chi connectivity index (χ1n) is 6.55. The number of hydrogen-bond acceptors (Lipinski definition) is 3. The molecule has 4 heteroatoms. The normalized spacial score (nSPS) is 10.7. The standard InChI is InChI=1S/C14H22N2O2/c1-4-11(5-2)10-16(6-3)14(18)12-7-13(17)9-15-8-12/h7-9,11,17H,4-6,10H2,1-3H3. The lowest BCUT2D eigenvalue weighted by Crippen LogP contribution is -2.35. The molecule has 1 N–H and O–H groups in total. The third kappa shape index (κ3) is 3.72. The SMILES string of the molecule is CCC(CC)CN(CC)C(=O)c1cncc(O)c1. The van der Waals surface area contributed by atoms with Crippen molar-refractivity contribution >= 4 is 5.91 Å². The van der Waals surface area contributed by atoms with Gasteiger partial charge < -0.3 is 10.0 Å². The van der Waals surface area contributed by atoms with Gasteiger partial charge in [-0.05, 0) is 18.9 Å². The Kier molecular flexibility index (Phi) is 5.62. The predicted octanol–water partition coefficient (Wildman–Crippen LogP) is 2.69. The van der Waals surface area contributed by atoms with Crippen LogP contribution in [0.15, 0.2) is 18.5 Å². The highest BCUT2D eigenvalue weighted by molar-refractivity contribution is 5.94. The third-order valence-electron chi connectivity index (χ3n) is 3.27.